The lowest BCUT2D eigenvalue weighted by Gasteiger charge is -2.29. The van der Waals surface area contributed by atoms with Gasteiger partial charge in [0.25, 0.3) is 5.91 Å². The Hall–Kier alpha value is -4.20. The fourth-order valence-electron chi connectivity index (χ4n) is 8.42. The SMILES string of the molecule is CCOc1cc(O[C@@H]2C[C@H]3C(=O)N[C@]4(C(=O)NS(=O)(=O)N5CCOCC5)C[C@@H]4/C=C\CCCC[C@H](NC(=O)OC4CCCC4)CC(=O)N3C2)c2ccc(OC)c(Br)c2n1. The van der Waals surface area contributed by atoms with Crippen LogP contribution in [0, 0.1) is 5.92 Å². The average Bonchev–Trinajstić information content (AvgIpc) is 3.47. The number of hydrogen-bond acceptors (Lipinski definition) is 12. The number of nitrogens with zero attached hydrogens (tertiary/aromatic N) is 3. The molecule has 5 aliphatic rings. The van der Waals surface area contributed by atoms with E-state index in [9.17, 15) is 27.6 Å². The zero-order valence-electron chi connectivity index (χ0n) is 33.4. The number of morpholine rings is 1. The van der Waals surface area contributed by atoms with Crippen LogP contribution in [-0.2, 0) is 34.1 Å². The van der Waals surface area contributed by atoms with Gasteiger partial charge in [0.15, 0.2) is 0 Å². The topological polar surface area (TPSA) is 204 Å². The maximum atomic E-state index is 14.5. The van der Waals surface area contributed by atoms with Gasteiger partial charge in [-0.15, -0.1) is 0 Å². The largest absolute Gasteiger partial charge is 0.495 e. The van der Waals surface area contributed by atoms with Crippen molar-refractivity contribution in [2.24, 2.45) is 5.92 Å². The molecule has 0 unspecified atom stereocenters. The fourth-order valence-corrected chi connectivity index (χ4v) is 10.2. The maximum Gasteiger partial charge on any atom is 0.407 e. The van der Waals surface area contributed by atoms with Crippen LogP contribution in [0.5, 0.6) is 17.4 Å². The molecule has 3 N–H and O–H groups in total. The number of benzene rings is 1. The summed E-state index contributed by atoms with van der Waals surface area (Å²) in [6.45, 7) is 2.76. The summed E-state index contributed by atoms with van der Waals surface area (Å²) in [4.78, 5) is 62.1. The van der Waals surface area contributed by atoms with Gasteiger partial charge < -0.3 is 39.2 Å². The molecule has 59 heavy (non-hydrogen) atoms. The summed E-state index contributed by atoms with van der Waals surface area (Å²) in [5, 5.41) is 6.47. The molecule has 0 spiro atoms. The Morgan fingerprint density at radius 2 is 1.83 bits per heavy atom. The highest BCUT2D eigenvalue weighted by Crippen LogP contribution is 2.46. The monoisotopic (exact) mass is 904 g/mol. The predicted molar refractivity (Wildman–Crippen MR) is 218 cm³/mol. The summed E-state index contributed by atoms with van der Waals surface area (Å²) in [5.41, 5.74) is -1.04. The Bertz CT molecular complexity index is 2040. The molecule has 322 valence electrons. The highest BCUT2D eigenvalue weighted by Gasteiger charge is 2.62. The van der Waals surface area contributed by atoms with E-state index in [4.69, 9.17) is 23.7 Å². The number of halogens is 1. The number of alkyl carbamates (subject to hydrolysis) is 1. The van der Waals surface area contributed by atoms with Gasteiger partial charge in [-0.05, 0) is 86.4 Å². The molecule has 0 radical (unpaired) electrons. The van der Waals surface area contributed by atoms with Gasteiger partial charge in [0.2, 0.25) is 17.7 Å². The fraction of sp³-hybridized carbons (Fsp3) is 0.625. The smallest absolute Gasteiger partial charge is 0.407 e. The van der Waals surface area contributed by atoms with E-state index in [-0.39, 0.29) is 58.2 Å². The molecule has 4 fully saturated rings. The van der Waals surface area contributed by atoms with Crippen molar-refractivity contribution in [2.45, 2.75) is 107 Å². The second-order valence-corrected chi connectivity index (χ2v) is 18.2. The number of methoxy groups -OCH3 is 1. The number of nitrogens with one attached hydrogen (secondary N) is 3. The Morgan fingerprint density at radius 3 is 2.58 bits per heavy atom. The third kappa shape index (κ3) is 9.89. The highest BCUT2D eigenvalue weighted by molar-refractivity contribution is 9.10. The summed E-state index contributed by atoms with van der Waals surface area (Å²) in [7, 11) is -2.68. The van der Waals surface area contributed by atoms with Crippen molar-refractivity contribution in [1.29, 1.82) is 0 Å². The van der Waals surface area contributed by atoms with Gasteiger partial charge >= 0.3 is 16.3 Å². The number of carbonyl (C=O) groups excluding carboxylic acids is 4. The number of rotatable bonds is 10. The van der Waals surface area contributed by atoms with Crippen LogP contribution in [-0.4, -0.2) is 123 Å². The molecule has 2 saturated carbocycles. The van der Waals surface area contributed by atoms with Crippen LogP contribution in [0.3, 0.4) is 0 Å². The Kier molecular flexibility index (Phi) is 13.5. The van der Waals surface area contributed by atoms with E-state index in [0.29, 0.717) is 58.6 Å². The summed E-state index contributed by atoms with van der Waals surface area (Å²) in [6, 6.07) is 3.58. The van der Waals surface area contributed by atoms with Crippen LogP contribution in [0.2, 0.25) is 0 Å². The molecular formula is C40H53BrN6O11S. The van der Waals surface area contributed by atoms with Crippen LogP contribution in [0.4, 0.5) is 4.79 Å². The molecule has 2 saturated heterocycles. The minimum absolute atomic E-state index is 0.00913. The minimum atomic E-state index is -4.23. The summed E-state index contributed by atoms with van der Waals surface area (Å²) < 4.78 is 59.5. The first kappa shape index (κ1) is 42.9. The van der Waals surface area contributed by atoms with Crippen molar-refractivity contribution in [2.75, 3.05) is 46.6 Å². The first-order chi connectivity index (χ1) is 28.4. The van der Waals surface area contributed by atoms with E-state index in [1.165, 1.54) is 4.90 Å². The van der Waals surface area contributed by atoms with Crippen LogP contribution >= 0.6 is 15.9 Å². The third-order valence-corrected chi connectivity index (χ3v) is 13.9. The van der Waals surface area contributed by atoms with Gasteiger partial charge in [-0.2, -0.15) is 12.7 Å². The Labute approximate surface area is 352 Å². The maximum absolute atomic E-state index is 14.5. The number of ether oxygens (including phenoxy) is 5. The minimum Gasteiger partial charge on any atom is -0.495 e. The molecule has 1 aromatic carbocycles. The van der Waals surface area contributed by atoms with Gasteiger partial charge in [-0.1, -0.05) is 18.6 Å². The second kappa shape index (κ2) is 18.6. The quantitative estimate of drug-likeness (QED) is 0.291. The van der Waals surface area contributed by atoms with Crippen molar-refractivity contribution < 1.29 is 51.3 Å². The third-order valence-electron chi connectivity index (χ3n) is 11.7. The molecule has 2 aliphatic carbocycles. The van der Waals surface area contributed by atoms with E-state index < -0.39 is 63.7 Å². The lowest BCUT2D eigenvalue weighted by molar-refractivity contribution is -0.140. The molecule has 3 aliphatic heterocycles. The highest BCUT2D eigenvalue weighted by atomic mass is 79.9. The van der Waals surface area contributed by atoms with Crippen LogP contribution in [0.1, 0.15) is 77.6 Å². The number of hydrogen-bond donors (Lipinski definition) is 3. The van der Waals surface area contributed by atoms with Gasteiger partial charge in [-0.3, -0.25) is 14.4 Å². The zero-order valence-corrected chi connectivity index (χ0v) is 35.8. The van der Waals surface area contributed by atoms with Crippen LogP contribution < -0.4 is 29.6 Å². The molecule has 2 aromatic rings. The lowest BCUT2D eigenvalue weighted by atomic mass is 10.0. The van der Waals surface area contributed by atoms with Crippen LogP contribution in [0.15, 0.2) is 34.8 Å². The van der Waals surface area contributed by atoms with E-state index in [0.717, 1.165) is 36.4 Å². The van der Waals surface area contributed by atoms with Crippen LogP contribution in [0.25, 0.3) is 10.9 Å². The number of carbonyl (C=O) groups is 4. The van der Waals surface area contributed by atoms with E-state index >= 15 is 0 Å². The number of aromatic nitrogens is 1. The van der Waals surface area contributed by atoms with Gasteiger partial charge in [0.1, 0.15) is 35.3 Å². The molecule has 5 atom stereocenters. The van der Waals surface area contributed by atoms with Crippen molar-refractivity contribution in [3.05, 3.63) is 34.8 Å². The molecule has 17 nitrogen and oxygen atoms in total. The molecular weight excluding hydrogens is 852 g/mol. The summed E-state index contributed by atoms with van der Waals surface area (Å²) >= 11 is 3.59. The summed E-state index contributed by atoms with van der Waals surface area (Å²) in [6.07, 6.45) is 8.64. The molecule has 19 heteroatoms. The number of amides is 4. The first-order valence-corrected chi connectivity index (χ1v) is 22.8. The molecule has 1 aromatic heterocycles. The number of fused-ring (bicyclic) bond motifs is 3. The molecule has 4 heterocycles. The molecule has 7 rings (SSSR count). The predicted octanol–water partition coefficient (Wildman–Crippen LogP) is 3.88. The second-order valence-electron chi connectivity index (χ2n) is 15.7. The average molecular weight is 906 g/mol. The standard InChI is InChI=1S/C40H53BrN6O11S/c1-3-56-33-22-32(29-14-15-31(54-2)35(41)36(29)43-33)57-28-21-30-37(49)44-40(38(50)45-59(52,53)46-16-18-55-19-17-46)23-25(40)10-6-4-5-7-11-26(20-34(48)47(30)24-28)42-39(51)58-27-12-8-9-13-27/h6,10,14-15,22,25-28,30H,3-5,7-9,11-13,16-21,23-24H2,1-2H3,(H,42,51)(H,44,49)(H,45,50)/b10-6-/t25-,26-,28+,30-,40+/m0/s1. The van der Waals surface area contributed by atoms with Crippen molar-refractivity contribution in [3.8, 4) is 17.4 Å². The Balaban J connectivity index is 1.17. The Morgan fingerprint density at radius 1 is 1.07 bits per heavy atom. The van der Waals surface area contributed by atoms with E-state index in [2.05, 4.69) is 36.3 Å². The van der Waals surface area contributed by atoms with Crippen molar-refractivity contribution >= 4 is 60.9 Å². The van der Waals surface area contributed by atoms with Gasteiger partial charge in [-0.25, -0.2) is 14.5 Å². The van der Waals surface area contributed by atoms with Gasteiger partial charge in [0, 0.05) is 49.3 Å². The van der Waals surface area contributed by atoms with Gasteiger partial charge in [0.05, 0.1) is 43.5 Å². The summed E-state index contributed by atoms with van der Waals surface area (Å²) in [5.74, 6) is -1.08. The number of pyridine rings is 1. The lowest BCUT2D eigenvalue weighted by Crippen LogP contribution is -2.58. The van der Waals surface area contributed by atoms with E-state index in [1.54, 1.807) is 25.3 Å². The normalized spacial score (nSPS) is 27.7. The van der Waals surface area contributed by atoms with Crippen molar-refractivity contribution in [3.63, 3.8) is 0 Å². The first-order valence-electron chi connectivity index (χ1n) is 20.5. The number of allylic oxidation sites excluding steroid dienone is 1. The zero-order chi connectivity index (χ0) is 41.7. The van der Waals surface area contributed by atoms with E-state index in [1.807, 2.05) is 19.1 Å². The molecule has 0 bridgehead atoms. The van der Waals surface area contributed by atoms with Crippen molar-refractivity contribution in [1.82, 2.24) is 29.5 Å². The molecule has 4 amide bonds.